The zero-order chi connectivity index (χ0) is 8.97. The van der Waals surface area contributed by atoms with E-state index >= 15 is 0 Å². The van der Waals surface area contributed by atoms with Crippen molar-refractivity contribution in [2.45, 2.75) is 19.9 Å². The van der Waals surface area contributed by atoms with Crippen LogP contribution in [0.25, 0.3) is 0 Å². The maximum absolute atomic E-state index is 8.67. The van der Waals surface area contributed by atoms with Crippen molar-refractivity contribution in [1.29, 1.82) is 5.26 Å². The van der Waals surface area contributed by atoms with Gasteiger partial charge in [0.1, 0.15) is 0 Å². The van der Waals surface area contributed by atoms with Gasteiger partial charge in [0.25, 0.3) is 0 Å². The number of nitrogens with one attached hydrogen (secondary N) is 2. The van der Waals surface area contributed by atoms with Crippen molar-refractivity contribution in [3.05, 3.63) is 0 Å². The Morgan fingerprint density at radius 1 is 1.25 bits per heavy atom. The van der Waals surface area contributed by atoms with Crippen LogP contribution in [0.1, 0.15) is 13.8 Å². The highest BCUT2D eigenvalue weighted by Gasteiger charge is 2.38. The molecule has 2 N–H and O–H groups in total. The maximum atomic E-state index is 8.67. The van der Waals surface area contributed by atoms with Crippen LogP contribution in [0.3, 0.4) is 0 Å². The molecule has 3 heteroatoms. The van der Waals surface area contributed by atoms with Crippen molar-refractivity contribution in [2.75, 3.05) is 19.6 Å². The van der Waals surface area contributed by atoms with Gasteiger partial charge in [0, 0.05) is 19.0 Å². The fourth-order valence-corrected chi connectivity index (χ4v) is 1.94. The van der Waals surface area contributed by atoms with Gasteiger partial charge in [-0.1, -0.05) is 13.8 Å². The minimum atomic E-state index is 0.111. The monoisotopic (exact) mass is 167 g/mol. The lowest BCUT2D eigenvalue weighted by molar-refractivity contribution is 0.495. The first-order valence-electron chi connectivity index (χ1n) is 4.75. The van der Waals surface area contributed by atoms with Crippen LogP contribution in [-0.4, -0.2) is 25.7 Å². The summed E-state index contributed by atoms with van der Waals surface area (Å²) in [6, 6.07) is 2.40. The van der Waals surface area contributed by atoms with E-state index in [1.54, 1.807) is 0 Å². The molecule has 0 aromatic carbocycles. The normalized spacial score (nSPS) is 37.9. The van der Waals surface area contributed by atoms with Crippen molar-refractivity contribution in [3.63, 3.8) is 0 Å². The molecule has 2 unspecified atom stereocenters. The minimum absolute atomic E-state index is 0.111. The summed E-state index contributed by atoms with van der Waals surface area (Å²) in [7, 11) is 0. The molecule has 0 radical (unpaired) electrons. The molecule has 0 aromatic rings. The molecule has 0 aromatic heterocycles. The third-order valence-electron chi connectivity index (χ3n) is 2.56. The molecule has 3 atom stereocenters. The van der Waals surface area contributed by atoms with Crippen LogP contribution in [0.2, 0.25) is 0 Å². The fraction of sp³-hybridized carbons (Fsp3) is 0.889. The predicted octanol–water partition coefficient (Wildman–Crippen LogP) is 0.344. The van der Waals surface area contributed by atoms with Gasteiger partial charge in [-0.25, -0.2) is 0 Å². The largest absolute Gasteiger partial charge is 0.316 e. The first-order chi connectivity index (χ1) is 5.92. The van der Waals surface area contributed by atoms with Crippen molar-refractivity contribution >= 4 is 0 Å². The summed E-state index contributed by atoms with van der Waals surface area (Å²) in [5.74, 6) is 1.29. The van der Waals surface area contributed by atoms with E-state index in [0.717, 1.165) is 19.6 Å². The van der Waals surface area contributed by atoms with Crippen molar-refractivity contribution in [3.8, 4) is 6.07 Å². The van der Waals surface area contributed by atoms with Crippen molar-refractivity contribution < 1.29 is 0 Å². The molecule has 2 aliphatic rings. The standard InChI is InChI=1S/C7H11N3.C2H6/c8-1-7-6-4-9-2-5(6)3-10-7;1-2/h5-7,9-10H,2-4H2;1-2H3/t5?,6-,7?;/m0./s1. The second kappa shape index (κ2) is 4.44. The first-order valence-corrected chi connectivity index (χ1v) is 4.75. The molecule has 0 bridgehead atoms. The highest BCUT2D eigenvalue weighted by atomic mass is 15.0. The van der Waals surface area contributed by atoms with Crippen molar-refractivity contribution in [1.82, 2.24) is 10.6 Å². The van der Waals surface area contributed by atoms with E-state index in [0.29, 0.717) is 11.8 Å². The molecule has 0 spiro atoms. The lowest BCUT2D eigenvalue weighted by atomic mass is 9.95. The topological polar surface area (TPSA) is 47.9 Å². The van der Waals surface area contributed by atoms with Gasteiger partial charge in [-0.05, 0) is 12.5 Å². The Morgan fingerprint density at radius 2 is 2.00 bits per heavy atom. The number of nitriles is 1. The van der Waals surface area contributed by atoms with E-state index < -0.39 is 0 Å². The van der Waals surface area contributed by atoms with E-state index in [1.807, 2.05) is 13.8 Å². The van der Waals surface area contributed by atoms with Gasteiger partial charge < -0.3 is 10.6 Å². The van der Waals surface area contributed by atoms with Crippen LogP contribution in [0.5, 0.6) is 0 Å². The number of fused-ring (bicyclic) bond motifs is 1. The zero-order valence-electron chi connectivity index (χ0n) is 7.80. The number of hydrogen-bond donors (Lipinski definition) is 2. The van der Waals surface area contributed by atoms with Gasteiger partial charge >= 0.3 is 0 Å². The average molecular weight is 167 g/mol. The highest BCUT2D eigenvalue weighted by molar-refractivity contribution is 5.06. The summed E-state index contributed by atoms with van der Waals surface area (Å²) < 4.78 is 0. The molecule has 2 fully saturated rings. The van der Waals surface area contributed by atoms with Crippen LogP contribution in [0.15, 0.2) is 0 Å². The van der Waals surface area contributed by atoms with E-state index in [9.17, 15) is 0 Å². The quantitative estimate of drug-likeness (QED) is 0.547. The Morgan fingerprint density at radius 3 is 2.67 bits per heavy atom. The Balaban J connectivity index is 0.000000336. The second-order valence-corrected chi connectivity index (χ2v) is 3.10. The van der Waals surface area contributed by atoms with Gasteiger partial charge in [0.15, 0.2) is 0 Å². The number of nitrogens with zero attached hydrogens (tertiary/aromatic N) is 1. The number of hydrogen-bond acceptors (Lipinski definition) is 3. The van der Waals surface area contributed by atoms with E-state index in [4.69, 9.17) is 5.26 Å². The Labute approximate surface area is 74.1 Å². The minimum Gasteiger partial charge on any atom is -0.316 e. The molecule has 68 valence electrons. The molecule has 0 amide bonds. The van der Waals surface area contributed by atoms with E-state index in [2.05, 4.69) is 16.7 Å². The summed E-state index contributed by atoms with van der Waals surface area (Å²) in [6.07, 6.45) is 0. The van der Waals surface area contributed by atoms with Gasteiger partial charge in [-0.15, -0.1) is 0 Å². The average Bonchev–Trinajstić information content (AvgIpc) is 2.67. The molecule has 12 heavy (non-hydrogen) atoms. The lowest BCUT2D eigenvalue weighted by Gasteiger charge is -2.07. The third-order valence-corrected chi connectivity index (χ3v) is 2.56. The van der Waals surface area contributed by atoms with E-state index in [1.165, 1.54) is 0 Å². The van der Waals surface area contributed by atoms with Gasteiger partial charge in [-0.2, -0.15) is 5.26 Å². The molecule has 2 rings (SSSR count). The Kier molecular flexibility index (Phi) is 3.51. The molecule has 3 nitrogen and oxygen atoms in total. The highest BCUT2D eigenvalue weighted by Crippen LogP contribution is 2.24. The predicted molar refractivity (Wildman–Crippen MR) is 48.6 cm³/mol. The summed E-state index contributed by atoms with van der Waals surface area (Å²) in [5, 5.41) is 15.2. The van der Waals surface area contributed by atoms with Crippen LogP contribution in [0.4, 0.5) is 0 Å². The fourth-order valence-electron chi connectivity index (χ4n) is 1.94. The Hall–Kier alpha value is -0.590. The molecule has 2 saturated heterocycles. The SMILES string of the molecule is CC.N#CC1NCC2CNC[C@@H]21. The smallest absolute Gasteiger partial charge is 0.0997 e. The van der Waals surface area contributed by atoms with Gasteiger partial charge in [0.05, 0.1) is 12.1 Å². The molecular weight excluding hydrogens is 150 g/mol. The molecule has 2 heterocycles. The molecule has 0 saturated carbocycles. The van der Waals surface area contributed by atoms with Gasteiger partial charge in [0.2, 0.25) is 0 Å². The van der Waals surface area contributed by atoms with Crippen molar-refractivity contribution in [2.24, 2.45) is 11.8 Å². The van der Waals surface area contributed by atoms with Crippen LogP contribution >= 0.6 is 0 Å². The summed E-state index contributed by atoms with van der Waals surface area (Å²) in [6.45, 7) is 7.14. The summed E-state index contributed by atoms with van der Waals surface area (Å²) in [5.41, 5.74) is 0. The number of rotatable bonds is 0. The van der Waals surface area contributed by atoms with Crippen LogP contribution in [0, 0.1) is 23.2 Å². The lowest BCUT2D eigenvalue weighted by Crippen LogP contribution is -2.28. The Bertz CT molecular complexity index is 173. The van der Waals surface area contributed by atoms with Crippen LogP contribution in [-0.2, 0) is 0 Å². The van der Waals surface area contributed by atoms with Gasteiger partial charge in [-0.3, -0.25) is 0 Å². The molecule has 2 aliphatic heterocycles. The summed E-state index contributed by atoms with van der Waals surface area (Å²) >= 11 is 0. The second-order valence-electron chi connectivity index (χ2n) is 3.10. The third kappa shape index (κ3) is 1.60. The van der Waals surface area contributed by atoms with E-state index in [-0.39, 0.29) is 6.04 Å². The molecular formula is C9H17N3. The first kappa shape index (κ1) is 9.50. The zero-order valence-corrected chi connectivity index (χ0v) is 7.80. The van der Waals surface area contributed by atoms with Crippen LogP contribution < -0.4 is 10.6 Å². The molecule has 0 aliphatic carbocycles. The maximum Gasteiger partial charge on any atom is 0.0997 e. The summed E-state index contributed by atoms with van der Waals surface area (Å²) in [4.78, 5) is 0.